The number of ether oxygens (including phenoxy) is 1. The normalized spacial score (nSPS) is 18.6. The molecule has 2 aliphatic rings. The van der Waals surface area contributed by atoms with Crippen molar-refractivity contribution in [3.05, 3.63) is 12.1 Å². The fourth-order valence-electron chi connectivity index (χ4n) is 3.11. The topological polar surface area (TPSA) is 109 Å². The van der Waals surface area contributed by atoms with Crippen molar-refractivity contribution >= 4 is 35.2 Å². The second-order valence-corrected chi connectivity index (χ2v) is 6.97. The number of hydrogen-bond acceptors (Lipinski definition) is 5. The van der Waals surface area contributed by atoms with Crippen LogP contribution in [0.15, 0.2) is 17.1 Å². The Morgan fingerprint density at radius 2 is 2.23 bits per heavy atom. The number of nitrogens with zero attached hydrogens (tertiary/aromatic N) is 2. The van der Waals surface area contributed by atoms with E-state index in [4.69, 9.17) is 10.5 Å². The highest BCUT2D eigenvalue weighted by Gasteiger charge is 2.35. The Morgan fingerprint density at radius 1 is 1.42 bits per heavy atom. The Kier molecular flexibility index (Phi) is 5.01. The molecule has 0 radical (unpaired) electrons. The van der Waals surface area contributed by atoms with E-state index in [-0.39, 0.29) is 11.8 Å². The molecule has 0 saturated carbocycles. The summed E-state index contributed by atoms with van der Waals surface area (Å²) in [5.41, 5.74) is 6.47. The number of aliphatic imine (C=N–C) groups is 1. The van der Waals surface area contributed by atoms with Crippen molar-refractivity contribution in [3.63, 3.8) is 0 Å². The fraction of sp³-hybridized carbons (Fsp3) is 0.500. The average molecular weight is 359 g/mol. The van der Waals surface area contributed by atoms with Crippen molar-refractivity contribution in [1.82, 2.24) is 4.90 Å². The lowest BCUT2D eigenvalue weighted by Crippen LogP contribution is -2.45. The maximum atomic E-state index is 12.0. The number of nitrogens with one attached hydrogen (secondary N) is 2. The molecule has 8 nitrogen and oxygen atoms in total. The Hall–Kier alpha value is -2.77. The SMILES string of the molecule is CC1(C)Oc2cc(NCCCN3CCCC3=O)c(N=CN)cc2NC1=O. The Bertz CT molecular complexity index is 745. The minimum Gasteiger partial charge on any atom is -0.476 e. The zero-order valence-electron chi connectivity index (χ0n) is 15.2. The van der Waals surface area contributed by atoms with Crippen molar-refractivity contribution in [2.45, 2.75) is 38.7 Å². The van der Waals surface area contributed by atoms with Crippen LogP contribution in [-0.4, -0.2) is 48.3 Å². The van der Waals surface area contributed by atoms with E-state index in [0.717, 1.165) is 31.6 Å². The first kappa shape index (κ1) is 18.0. The third-order valence-corrected chi connectivity index (χ3v) is 4.56. The van der Waals surface area contributed by atoms with Gasteiger partial charge in [0.25, 0.3) is 5.91 Å². The molecule has 0 aliphatic carbocycles. The third kappa shape index (κ3) is 3.74. The van der Waals surface area contributed by atoms with Crippen molar-refractivity contribution < 1.29 is 14.3 Å². The van der Waals surface area contributed by atoms with Crippen molar-refractivity contribution in [2.24, 2.45) is 10.7 Å². The highest BCUT2D eigenvalue weighted by Crippen LogP contribution is 2.41. The molecule has 0 spiro atoms. The molecule has 3 rings (SSSR count). The molecule has 140 valence electrons. The quantitative estimate of drug-likeness (QED) is 0.408. The summed E-state index contributed by atoms with van der Waals surface area (Å²) in [6, 6.07) is 3.55. The van der Waals surface area contributed by atoms with Crippen LogP contribution >= 0.6 is 0 Å². The summed E-state index contributed by atoms with van der Waals surface area (Å²) in [6.45, 7) is 5.72. The number of benzene rings is 1. The smallest absolute Gasteiger partial charge is 0.268 e. The largest absolute Gasteiger partial charge is 0.476 e. The molecule has 26 heavy (non-hydrogen) atoms. The number of amides is 2. The zero-order chi connectivity index (χ0) is 18.7. The standard InChI is InChI=1S/C18H25N5O3/c1-18(2)17(25)22-14-9-12(21-11-19)13(10-15(14)26-18)20-6-4-8-23-7-3-5-16(23)24/h9-11,20H,3-8H2,1-2H3,(H2,19,21)(H,22,25). The number of rotatable bonds is 6. The van der Waals surface area contributed by atoms with Gasteiger partial charge in [0.1, 0.15) is 5.75 Å². The maximum absolute atomic E-state index is 12.0. The summed E-state index contributed by atoms with van der Waals surface area (Å²) >= 11 is 0. The second kappa shape index (κ2) is 7.23. The molecule has 2 aliphatic heterocycles. The summed E-state index contributed by atoms with van der Waals surface area (Å²) in [7, 11) is 0. The molecule has 1 fully saturated rings. The van der Waals surface area contributed by atoms with Crippen LogP contribution < -0.4 is 21.1 Å². The van der Waals surface area contributed by atoms with Gasteiger partial charge in [-0.15, -0.1) is 0 Å². The maximum Gasteiger partial charge on any atom is 0.268 e. The van der Waals surface area contributed by atoms with Crippen LogP contribution in [0.5, 0.6) is 5.75 Å². The molecule has 4 N–H and O–H groups in total. The lowest BCUT2D eigenvalue weighted by molar-refractivity contribution is -0.129. The molecule has 1 aromatic carbocycles. The summed E-state index contributed by atoms with van der Waals surface area (Å²) < 4.78 is 5.82. The molecule has 0 aromatic heterocycles. The van der Waals surface area contributed by atoms with Crippen LogP contribution in [0.1, 0.15) is 33.1 Å². The van der Waals surface area contributed by atoms with Crippen molar-refractivity contribution in [1.29, 1.82) is 0 Å². The highest BCUT2D eigenvalue weighted by molar-refractivity contribution is 6.01. The van der Waals surface area contributed by atoms with E-state index >= 15 is 0 Å². The van der Waals surface area contributed by atoms with Gasteiger partial charge in [-0.2, -0.15) is 0 Å². The van der Waals surface area contributed by atoms with Gasteiger partial charge >= 0.3 is 0 Å². The van der Waals surface area contributed by atoms with Crippen molar-refractivity contribution in [3.8, 4) is 5.75 Å². The average Bonchev–Trinajstić information content (AvgIpc) is 2.99. The van der Waals surface area contributed by atoms with E-state index in [1.807, 2.05) is 11.0 Å². The van der Waals surface area contributed by atoms with Crippen LogP contribution in [0.3, 0.4) is 0 Å². The molecular weight excluding hydrogens is 334 g/mol. The third-order valence-electron chi connectivity index (χ3n) is 4.56. The Labute approximate surface area is 152 Å². The van der Waals surface area contributed by atoms with Crippen LogP contribution in [0, 0.1) is 0 Å². The molecule has 2 amide bonds. The summed E-state index contributed by atoms with van der Waals surface area (Å²) in [5.74, 6) is 0.616. The van der Waals surface area contributed by atoms with Gasteiger partial charge in [-0.25, -0.2) is 4.99 Å². The molecule has 0 atom stereocenters. The van der Waals surface area contributed by atoms with E-state index < -0.39 is 5.60 Å². The lowest BCUT2D eigenvalue weighted by Gasteiger charge is -2.32. The highest BCUT2D eigenvalue weighted by atomic mass is 16.5. The van der Waals surface area contributed by atoms with Crippen LogP contribution in [0.25, 0.3) is 0 Å². The van der Waals surface area contributed by atoms with Gasteiger partial charge in [-0.1, -0.05) is 0 Å². The minimum atomic E-state index is -0.932. The van der Waals surface area contributed by atoms with Crippen LogP contribution in [-0.2, 0) is 9.59 Å². The van der Waals surface area contributed by atoms with E-state index in [9.17, 15) is 9.59 Å². The van der Waals surface area contributed by atoms with Gasteiger partial charge in [0.05, 0.1) is 23.4 Å². The Balaban J connectivity index is 1.69. The molecule has 0 unspecified atom stereocenters. The molecule has 8 heteroatoms. The summed E-state index contributed by atoms with van der Waals surface area (Å²) in [6.07, 6.45) is 3.65. The molecular formula is C18H25N5O3. The number of anilines is 2. The van der Waals surface area contributed by atoms with Gasteiger partial charge in [0, 0.05) is 32.1 Å². The Morgan fingerprint density at radius 3 is 2.92 bits per heavy atom. The summed E-state index contributed by atoms with van der Waals surface area (Å²) in [4.78, 5) is 29.8. The van der Waals surface area contributed by atoms with Crippen LogP contribution in [0.4, 0.5) is 17.1 Å². The number of hydrogen-bond donors (Lipinski definition) is 3. The molecule has 2 heterocycles. The summed E-state index contributed by atoms with van der Waals surface area (Å²) in [5, 5.41) is 6.16. The fourth-order valence-corrected chi connectivity index (χ4v) is 3.11. The van der Waals surface area contributed by atoms with Gasteiger partial charge in [-0.3, -0.25) is 9.59 Å². The number of carbonyl (C=O) groups excluding carboxylic acids is 2. The van der Waals surface area contributed by atoms with Gasteiger partial charge in [0.15, 0.2) is 5.60 Å². The zero-order valence-corrected chi connectivity index (χ0v) is 15.2. The second-order valence-electron chi connectivity index (χ2n) is 6.97. The van der Waals surface area contributed by atoms with Gasteiger partial charge in [0.2, 0.25) is 5.91 Å². The van der Waals surface area contributed by atoms with E-state index in [1.54, 1.807) is 19.9 Å². The molecule has 0 bridgehead atoms. The molecule has 1 aromatic rings. The van der Waals surface area contributed by atoms with Crippen molar-refractivity contribution in [2.75, 3.05) is 30.3 Å². The van der Waals surface area contributed by atoms with E-state index in [1.165, 1.54) is 6.34 Å². The van der Waals surface area contributed by atoms with E-state index in [0.29, 0.717) is 30.1 Å². The number of carbonyl (C=O) groups is 2. The van der Waals surface area contributed by atoms with E-state index in [2.05, 4.69) is 15.6 Å². The predicted octanol–water partition coefficient (Wildman–Crippen LogP) is 1.84. The number of nitrogens with two attached hydrogens (primary N) is 1. The monoisotopic (exact) mass is 359 g/mol. The number of likely N-dealkylation sites (tertiary alicyclic amines) is 1. The van der Waals surface area contributed by atoms with Crippen LogP contribution in [0.2, 0.25) is 0 Å². The number of fused-ring (bicyclic) bond motifs is 1. The minimum absolute atomic E-state index is 0.205. The lowest BCUT2D eigenvalue weighted by atomic mass is 10.1. The van der Waals surface area contributed by atoms with Gasteiger partial charge < -0.3 is 26.0 Å². The van der Waals surface area contributed by atoms with Gasteiger partial charge in [-0.05, 0) is 32.8 Å². The first-order valence-corrected chi connectivity index (χ1v) is 8.85. The predicted molar refractivity (Wildman–Crippen MR) is 101 cm³/mol. The molecule has 1 saturated heterocycles. The first-order valence-electron chi connectivity index (χ1n) is 8.85. The first-order chi connectivity index (χ1) is 12.4.